The molecule has 1 N–H and O–H groups in total. The third kappa shape index (κ3) is 4.59. The Balaban J connectivity index is 2.03. The van der Waals surface area contributed by atoms with E-state index < -0.39 is 5.60 Å². The fourth-order valence-corrected chi connectivity index (χ4v) is 3.74. The number of hydroxylamine groups is 1. The summed E-state index contributed by atoms with van der Waals surface area (Å²) in [6.45, 7) is 9.27. The van der Waals surface area contributed by atoms with Crippen LogP contribution in [0.4, 0.5) is 4.79 Å². The van der Waals surface area contributed by atoms with E-state index >= 15 is 0 Å². The van der Waals surface area contributed by atoms with Crippen LogP contribution in [0.25, 0.3) is 0 Å². The number of carbonyl (C=O) groups is 1. The fourth-order valence-electron chi connectivity index (χ4n) is 3.74. The summed E-state index contributed by atoms with van der Waals surface area (Å²) in [5.41, 5.74) is 2.77. The molecule has 2 fully saturated rings. The molecule has 0 spiro atoms. The summed E-state index contributed by atoms with van der Waals surface area (Å²) in [5.74, 6) is 0.472. The average molecular weight is 312 g/mol. The third-order valence-electron chi connectivity index (χ3n) is 4.62. The van der Waals surface area contributed by atoms with Gasteiger partial charge in [0.1, 0.15) is 5.60 Å². The van der Waals surface area contributed by atoms with Gasteiger partial charge in [0.15, 0.2) is 0 Å². The van der Waals surface area contributed by atoms with Crippen LogP contribution in [-0.4, -0.2) is 41.8 Å². The molecule has 1 amide bonds. The molecule has 2 rings (SSSR count). The van der Waals surface area contributed by atoms with Crippen LogP contribution in [0.3, 0.4) is 0 Å². The summed E-state index contributed by atoms with van der Waals surface area (Å²) >= 11 is 0. The van der Waals surface area contributed by atoms with Gasteiger partial charge in [-0.25, -0.2) is 4.79 Å². The Hall–Kier alpha value is -0.810. The van der Waals surface area contributed by atoms with Crippen molar-refractivity contribution in [3.63, 3.8) is 0 Å². The zero-order chi connectivity index (χ0) is 16.2. The van der Waals surface area contributed by atoms with Crippen LogP contribution in [0.2, 0.25) is 0 Å². The number of hydrogen-bond acceptors (Lipinski definition) is 4. The summed E-state index contributed by atoms with van der Waals surface area (Å²) < 4.78 is 5.62. The summed E-state index contributed by atoms with van der Waals surface area (Å²) in [4.78, 5) is 20.0. The van der Waals surface area contributed by atoms with Gasteiger partial charge in [-0.05, 0) is 65.7 Å². The summed E-state index contributed by atoms with van der Waals surface area (Å²) in [5, 5.41) is 0. The second kappa shape index (κ2) is 7.64. The van der Waals surface area contributed by atoms with Crippen molar-refractivity contribution in [2.75, 3.05) is 13.2 Å². The number of nitrogens with one attached hydrogen (secondary N) is 1. The van der Waals surface area contributed by atoms with Crippen LogP contribution in [0.5, 0.6) is 0 Å². The van der Waals surface area contributed by atoms with Gasteiger partial charge in [0.2, 0.25) is 0 Å². The zero-order valence-corrected chi connectivity index (χ0v) is 14.6. The lowest BCUT2D eigenvalue weighted by Crippen LogP contribution is -2.52. The van der Waals surface area contributed by atoms with Gasteiger partial charge in [-0.3, -0.25) is 0 Å². The van der Waals surface area contributed by atoms with Crippen molar-refractivity contribution in [2.45, 2.75) is 83.9 Å². The highest BCUT2D eigenvalue weighted by Gasteiger charge is 2.40. The number of ether oxygens (including phenoxy) is 1. The van der Waals surface area contributed by atoms with Crippen molar-refractivity contribution < 1.29 is 14.4 Å². The Morgan fingerprint density at radius 1 is 1.18 bits per heavy atom. The zero-order valence-electron chi connectivity index (χ0n) is 14.6. The molecule has 22 heavy (non-hydrogen) atoms. The normalized spacial score (nSPS) is 29.6. The van der Waals surface area contributed by atoms with E-state index in [9.17, 15) is 4.79 Å². The van der Waals surface area contributed by atoms with Crippen LogP contribution < -0.4 is 5.48 Å². The molecule has 0 bridgehead atoms. The smallest absolute Gasteiger partial charge is 0.410 e. The first-order chi connectivity index (χ1) is 10.4. The molecule has 0 aromatic carbocycles. The van der Waals surface area contributed by atoms with E-state index in [4.69, 9.17) is 9.57 Å². The number of rotatable bonds is 4. The van der Waals surface area contributed by atoms with Crippen LogP contribution in [-0.2, 0) is 9.57 Å². The largest absolute Gasteiger partial charge is 0.444 e. The molecule has 1 aliphatic carbocycles. The number of carbonyl (C=O) groups excluding carboxylic acids is 1. The van der Waals surface area contributed by atoms with Crippen molar-refractivity contribution >= 4 is 6.09 Å². The Morgan fingerprint density at radius 2 is 1.95 bits per heavy atom. The van der Waals surface area contributed by atoms with Gasteiger partial charge in [-0.1, -0.05) is 6.42 Å². The maximum atomic E-state index is 12.6. The molecular formula is C17H32N2O3. The van der Waals surface area contributed by atoms with E-state index in [-0.39, 0.29) is 12.1 Å². The Morgan fingerprint density at radius 3 is 2.64 bits per heavy atom. The molecule has 5 heteroatoms. The Bertz CT molecular complexity index is 367. The fraction of sp³-hybridized carbons (Fsp3) is 0.941. The standard InChI is InChI=1S/C17H32N2O3/c1-5-21-18-14-10-8-9-13(14)15-11-6-7-12-19(15)16(20)22-17(2,3)4/h13-15,18H,5-12H2,1-4H3. The predicted molar refractivity (Wildman–Crippen MR) is 86.5 cm³/mol. The van der Waals surface area contributed by atoms with Crippen molar-refractivity contribution in [3.05, 3.63) is 0 Å². The van der Waals surface area contributed by atoms with E-state index in [1.54, 1.807) is 0 Å². The van der Waals surface area contributed by atoms with Crippen LogP contribution in [0.15, 0.2) is 0 Å². The lowest BCUT2D eigenvalue weighted by molar-refractivity contribution is -0.0199. The van der Waals surface area contributed by atoms with Crippen LogP contribution >= 0.6 is 0 Å². The van der Waals surface area contributed by atoms with Crippen molar-refractivity contribution in [1.82, 2.24) is 10.4 Å². The minimum Gasteiger partial charge on any atom is -0.444 e. The summed E-state index contributed by atoms with van der Waals surface area (Å²) in [6.07, 6.45) is 6.69. The van der Waals surface area contributed by atoms with Crippen LogP contribution in [0, 0.1) is 5.92 Å². The van der Waals surface area contributed by atoms with Gasteiger partial charge >= 0.3 is 6.09 Å². The molecule has 128 valence electrons. The molecule has 1 heterocycles. The van der Waals surface area contributed by atoms with Gasteiger partial charge in [-0.15, -0.1) is 0 Å². The van der Waals surface area contributed by atoms with Gasteiger partial charge in [0.25, 0.3) is 0 Å². The molecule has 0 radical (unpaired) electrons. The number of likely N-dealkylation sites (tertiary alicyclic amines) is 1. The predicted octanol–water partition coefficient (Wildman–Crippen LogP) is 3.49. The van der Waals surface area contributed by atoms with Gasteiger partial charge in [0, 0.05) is 18.6 Å². The van der Waals surface area contributed by atoms with Gasteiger partial charge in [-0.2, -0.15) is 5.48 Å². The van der Waals surface area contributed by atoms with Crippen molar-refractivity contribution in [3.8, 4) is 0 Å². The van der Waals surface area contributed by atoms with E-state index in [0.717, 1.165) is 32.2 Å². The molecule has 0 aromatic rings. The highest BCUT2D eigenvalue weighted by molar-refractivity contribution is 5.68. The lowest BCUT2D eigenvalue weighted by Gasteiger charge is -2.41. The minimum atomic E-state index is -0.433. The summed E-state index contributed by atoms with van der Waals surface area (Å²) in [6, 6.07) is 0.636. The molecule has 1 aliphatic heterocycles. The number of nitrogens with zero attached hydrogens (tertiary/aromatic N) is 1. The number of piperidine rings is 1. The van der Waals surface area contributed by atoms with E-state index in [0.29, 0.717) is 18.6 Å². The molecule has 1 saturated carbocycles. The van der Waals surface area contributed by atoms with E-state index in [1.165, 1.54) is 12.8 Å². The Kier molecular flexibility index (Phi) is 6.09. The molecule has 3 unspecified atom stereocenters. The van der Waals surface area contributed by atoms with Gasteiger partial charge in [0.05, 0.1) is 6.61 Å². The first-order valence-electron chi connectivity index (χ1n) is 8.79. The van der Waals surface area contributed by atoms with Crippen molar-refractivity contribution in [1.29, 1.82) is 0 Å². The van der Waals surface area contributed by atoms with E-state index in [1.807, 2.05) is 32.6 Å². The average Bonchev–Trinajstić information content (AvgIpc) is 2.91. The van der Waals surface area contributed by atoms with Crippen molar-refractivity contribution in [2.24, 2.45) is 5.92 Å². The molecular weight excluding hydrogens is 280 g/mol. The number of amides is 1. The SMILES string of the molecule is CCONC1CCCC1C1CCCCN1C(=O)OC(C)(C)C. The first kappa shape index (κ1) is 17.5. The topological polar surface area (TPSA) is 50.8 Å². The van der Waals surface area contributed by atoms with Gasteiger partial charge < -0.3 is 14.5 Å². The van der Waals surface area contributed by atoms with Crippen LogP contribution in [0.1, 0.15) is 66.2 Å². The molecule has 1 saturated heterocycles. The minimum absolute atomic E-state index is 0.153. The maximum Gasteiger partial charge on any atom is 0.410 e. The maximum absolute atomic E-state index is 12.6. The molecule has 5 nitrogen and oxygen atoms in total. The monoisotopic (exact) mass is 312 g/mol. The molecule has 0 aromatic heterocycles. The molecule has 3 atom stereocenters. The highest BCUT2D eigenvalue weighted by atomic mass is 16.6. The highest BCUT2D eigenvalue weighted by Crippen LogP contribution is 2.36. The summed E-state index contributed by atoms with van der Waals surface area (Å²) in [7, 11) is 0. The third-order valence-corrected chi connectivity index (χ3v) is 4.62. The number of hydrogen-bond donors (Lipinski definition) is 1. The lowest BCUT2D eigenvalue weighted by atomic mass is 9.87. The second-order valence-electron chi connectivity index (χ2n) is 7.49. The van der Waals surface area contributed by atoms with E-state index in [2.05, 4.69) is 5.48 Å². The quantitative estimate of drug-likeness (QED) is 0.807. The second-order valence-corrected chi connectivity index (χ2v) is 7.49. The molecule has 2 aliphatic rings. The Labute approximate surface area is 134 Å². The first-order valence-corrected chi connectivity index (χ1v) is 8.79.